The second kappa shape index (κ2) is 7.27. The van der Waals surface area contributed by atoms with Gasteiger partial charge < -0.3 is 14.4 Å². The molecule has 22 heavy (non-hydrogen) atoms. The van der Waals surface area contributed by atoms with E-state index in [2.05, 4.69) is 0 Å². The van der Waals surface area contributed by atoms with E-state index < -0.39 is 0 Å². The van der Waals surface area contributed by atoms with Crippen LogP contribution in [-0.4, -0.2) is 16.3 Å². The largest absolute Gasteiger partial charge is 0.494 e. The minimum atomic E-state index is -0.237. The number of rotatable bonds is 6. The standard InChI is InChI=1S/C18H23NO3/c1-4-13(3)19-17(11-8-15(12-20)18(19)21)14-6-9-16(10-7-14)22-5-2/h6-11,13,20H,4-5,12H2,1-3H3. The SMILES string of the molecule is CCOc1ccc(-c2ccc(CO)c(=O)n2C(C)CC)cc1. The highest BCUT2D eigenvalue weighted by molar-refractivity contribution is 5.61. The number of aromatic nitrogens is 1. The highest BCUT2D eigenvalue weighted by Gasteiger charge is 2.14. The van der Waals surface area contributed by atoms with Gasteiger partial charge in [0.25, 0.3) is 5.56 Å². The lowest BCUT2D eigenvalue weighted by molar-refractivity contribution is 0.278. The van der Waals surface area contributed by atoms with Gasteiger partial charge in [0.15, 0.2) is 0 Å². The zero-order chi connectivity index (χ0) is 16.1. The molecule has 0 radical (unpaired) electrons. The zero-order valence-electron chi connectivity index (χ0n) is 13.4. The van der Waals surface area contributed by atoms with Crippen LogP contribution in [0.25, 0.3) is 11.3 Å². The van der Waals surface area contributed by atoms with E-state index >= 15 is 0 Å². The minimum Gasteiger partial charge on any atom is -0.494 e. The maximum absolute atomic E-state index is 12.5. The summed E-state index contributed by atoms with van der Waals surface area (Å²) < 4.78 is 7.22. The van der Waals surface area contributed by atoms with Crippen LogP contribution in [-0.2, 0) is 6.61 Å². The van der Waals surface area contributed by atoms with Gasteiger partial charge in [-0.25, -0.2) is 0 Å². The first-order valence-corrected chi connectivity index (χ1v) is 7.70. The zero-order valence-corrected chi connectivity index (χ0v) is 13.4. The van der Waals surface area contributed by atoms with Crippen LogP contribution in [0.4, 0.5) is 0 Å². The van der Waals surface area contributed by atoms with E-state index in [9.17, 15) is 9.90 Å². The second-order valence-electron chi connectivity index (χ2n) is 5.29. The van der Waals surface area contributed by atoms with Gasteiger partial charge in [0.2, 0.25) is 0 Å². The molecule has 2 aromatic rings. The molecular formula is C18H23NO3. The van der Waals surface area contributed by atoms with Crippen LogP contribution in [0.1, 0.15) is 38.8 Å². The number of aliphatic hydroxyl groups excluding tert-OH is 1. The molecule has 0 spiro atoms. The third kappa shape index (κ3) is 3.22. The Morgan fingerprint density at radius 1 is 1.14 bits per heavy atom. The van der Waals surface area contributed by atoms with Crippen molar-refractivity contribution in [1.29, 1.82) is 0 Å². The van der Waals surface area contributed by atoms with E-state index in [1.54, 1.807) is 10.6 Å². The minimum absolute atomic E-state index is 0.0700. The van der Waals surface area contributed by atoms with Crippen molar-refractivity contribution in [3.63, 3.8) is 0 Å². The van der Waals surface area contributed by atoms with Gasteiger partial charge in [-0.1, -0.05) is 6.92 Å². The van der Waals surface area contributed by atoms with Crippen molar-refractivity contribution in [2.75, 3.05) is 6.61 Å². The summed E-state index contributed by atoms with van der Waals surface area (Å²) in [6.07, 6.45) is 0.846. The summed E-state index contributed by atoms with van der Waals surface area (Å²) in [6, 6.07) is 11.4. The normalized spacial score (nSPS) is 12.2. The van der Waals surface area contributed by atoms with Crippen LogP contribution in [0, 0.1) is 0 Å². The molecule has 2 rings (SSSR count). The summed E-state index contributed by atoms with van der Waals surface area (Å²) in [5.74, 6) is 0.815. The Bertz CT molecular complexity index is 674. The molecule has 0 aliphatic heterocycles. The molecule has 0 saturated carbocycles. The topological polar surface area (TPSA) is 51.5 Å². The number of benzene rings is 1. The molecule has 1 atom stereocenters. The van der Waals surface area contributed by atoms with Crippen molar-refractivity contribution in [3.8, 4) is 17.0 Å². The van der Waals surface area contributed by atoms with Gasteiger partial charge in [0.05, 0.1) is 18.9 Å². The molecule has 0 aliphatic rings. The monoisotopic (exact) mass is 301 g/mol. The Kier molecular flexibility index (Phi) is 5.39. The number of hydrogen-bond acceptors (Lipinski definition) is 3. The third-order valence-corrected chi connectivity index (χ3v) is 3.86. The van der Waals surface area contributed by atoms with E-state index in [1.807, 2.05) is 51.1 Å². The highest BCUT2D eigenvalue weighted by atomic mass is 16.5. The molecule has 0 fully saturated rings. The summed E-state index contributed by atoms with van der Waals surface area (Å²) in [5.41, 5.74) is 2.13. The lowest BCUT2D eigenvalue weighted by atomic mass is 10.1. The summed E-state index contributed by atoms with van der Waals surface area (Å²) in [7, 11) is 0. The fourth-order valence-electron chi connectivity index (χ4n) is 2.46. The van der Waals surface area contributed by atoms with Crippen LogP contribution < -0.4 is 10.3 Å². The Morgan fingerprint density at radius 3 is 2.36 bits per heavy atom. The average molecular weight is 301 g/mol. The van der Waals surface area contributed by atoms with Crippen molar-refractivity contribution < 1.29 is 9.84 Å². The van der Waals surface area contributed by atoms with Crippen LogP contribution in [0.15, 0.2) is 41.2 Å². The fraction of sp³-hybridized carbons (Fsp3) is 0.389. The first-order valence-electron chi connectivity index (χ1n) is 7.70. The van der Waals surface area contributed by atoms with E-state index in [0.29, 0.717) is 12.2 Å². The molecule has 4 heteroatoms. The first-order chi connectivity index (χ1) is 10.6. The van der Waals surface area contributed by atoms with Crippen molar-refractivity contribution in [3.05, 3.63) is 52.3 Å². The van der Waals surface area contributed by atoms with Crippen molar-refractivity contribution in [2.45, 2.75) is 39.8 Å². The van der Waals surface area contributed by atoms with Gasteiger partial charge in [-0.3, -0.25) is 4.79 Å². The van der Waals surface area contributed by atoms with E-state index in [4.69, 9.17) is 4.74 Å². The number of nitrogens with zero attached hydrogens (tertiary/aromatic N) is 1. The van der Waals surface area contributed by atoms with E-state index in [-0.39, 0.29) is 18.2 Å². The fourth-order valence-corrected chi connectivity index (χ4v) is 2.46. The van der Waals surface area contributed by atoms with E-state index in [0.717, 1.165) is 23.4 Å². The van der Waals surface area contributed by atoms with Gasteiger partial charge >= 0.3 is 0 Å². The molecule has 1 unspecified atom stereocenters. The maximum atomic E-state index is 12.5. The van der Waals surface area contributed by atoms with Crippen LogP contribution >= 0.6 is 0 Å². The number of pyridine rings is 1. The summed E-state index contributed by atoms with van der Waals surface area (Å²) in [5, 5.41) is 9.32. The molecule has 0 aliphatic carbocycles. The second-order valence-corrected chi connectivity index (χ2v) is 5.29. The molecule has 1 heterocycles. The molecule has 0 bridgehead atoms. The molecule has 0 amide bonds. The Morgan fingerprint density at radius 2 is 1.82 bits per heavy atom. The molecule has 1 N–H and O–H groups in total. The average Bonchev–Trinajstić information content (AvgIpc) is 2.55. The summed E-state index contributed by atoms with van der Waals surface area (Å²) in [6.45, 7) is 6.40. The molecule has 4 nitrogen and oxygen atoms in total. The Labute approximate surface area is 131 Å². The molecular weight excluding hydrogens is 278 g/mol. The maximum Gasteiger partial charge on any atom is 0.256 e. The quantitative estimate of drug-likeness (QED) is 0.890. The predicted molar refractivity (Wildman–Crippen MR) is 88.2 cm³/mol. The van der Waals surface area contributed by atoms with Gasteiger partial charge in [-0.15, -0.1) is 0 Å². The van der Waals surface area contributed by atoms with Crippen molar-refractivity contribution in [1.82, 2.24) is 4.57 Å². The summed E-state index contributed by atoms with van der Waals surface area (Å²) >= 11 is 0. The molecule has 0 saturated heterocycles. The third-order valence-electron chi connectivity index (χ3n) is 3.86. The predicted octanol–water partition coefficient (Wildman–Crippen LogP) is 3.38. The first kappa shape index (κ1) is 16.3. The van der Waals surface area contributed by atoms with Gasteiger partial charge in [-0.2, -0.15) is 0 Å². The smallest absolute Gasteiger partial charge is 0.256 e. The molecule has 118 valence electrons. The number of aliphatic hydroxyl groups is 1. The molecule has 1 aromatic carbocycles. The van der Waals surface area contributed by atoms with Gasteiger partial charge in [0.1, 0.15) is 5.75 Å². The number of ether oxygens (including phenoxy) is 1. The Balaban J connectivity index is 2.54. The summed E-state index contributed by atoms with van der Waals surface area (Å²) in [4.78, 5) is 12.5. The van der Waals surface area contributed by atoms with Crippen LogP contribution in [0.5, 0.6) is 5.75 Å². The van der Waals surface area contributed by atoms with Gasteiger partial charge in [-0.05, 0) is 62.2 Å². The number of hydrogen-bond donors (Lipinski definition) is 1. The van der Waals surface area contributed by atoms with Crippen molar-refractivity contribution >= 4 is 0 Å². The lowest BCUT2D eigenvalue weighted by Crippen LogP contribution is -2.27. The highest BCUT2D eigenvalue weighted by Crippen LogP contribution is 2.25. The van der Waals surface area contributed by atoms with E-state index in [1.165, 1.54) is 0 Å². The van der Waals surface area contributed by atoms with Crippen LogP contribution in [0.3, 0.4) is 0 Å². The molecule has 1 aromatic heterocycles. The lowest BCUT2D eigenvalue weighted by Gasteiger charge is -2.20. The van der Waals surface area contributed by atoms with Crippen molar-refractivity contribution in [2.24, 2.45) is 0 Å². The van der Waals surface area contributed by atoms with Crippen LogP contribution in [0.2, 0.25) is 0 Å². The van der Waals surface area contributed by atoms with Gasteiger partial charge in [0, 0.05) is 11.6 Å². The Hall–Kier alpha value is -2.07.